The molecule has 0 aliphatic heterocycles. The fourth-order valence-electron chi connectivity index (χ4n) is 0.491. The van der Waals surface area contributed by atoms with E-state index in [1.165, 1.54) is 0 Å². The number of hydrogen-bond donors (Lipinski definition) is 6. The van der Waals surface area contributed by atoms with Crippen LogP contribution >= 0.6 is 15.2 Å². The van der Waals surface area contributed by atoms with Crippen molar-refractivity contribution in [3.8, 4) is 0 Å². The molecule has 2 unspecified atom stereocenters. The summed E-state index contributed by atoms with van der Waals surface area (Å²) in [6.45, 7) is 0. The maximum atomic E-state index is 10.4. The van der Waals surface area contributed by atoms with E-state index < -0.39 is 33.2 Å². The Morgan fingerprint density at radius 3 is 1.60 bits per heavy atom. The van der Waals surface area contributed by atoms with Gasteiger partial charge in [0.05, 0.1) is 0 Å². The van der Waals surface area contributed by atoms with Crippen molar-refractivity contribution in [1.29, 1.82) is 0 Å². The first-order valence-corrected chi connectivity index (χ1v) is 6.45. The molecule has 12 heteroatoms. The summed E-state index contributed by atoms with van der Waals surface area (Å²) in [5.74, 6) is -3.91. The first-order valence-electron chi connectivity index (χ1n) is 3.09. The number of aliphatic hydroxyl groups excluding tert-OH is 1. The zero-order valence-corrected chi connectivity index (χ0v) is 14.2. The van der Waals surface area contributed by atoms with E-state index in [9.17, 15) is 9.13 Å². The van der Waals surface area contributed by atoms with E-state index in [1.54, 1.807) is 0 Å². The summed E-state index contributed by atoms with van der Waals surface area (Å²) in [4.78, 5) is 33.6. The predicted molar refractivity (Wildman–Crippen MR) is 44.9 cm³/mol. The summed E-state index contributed by atoms with van der Waals surface area (Å²) in [5.41, 5.74) is 4.88. The molecule has 0 aromatic heterocycles. The predicted octanol–water partition coefficient (Wildman–Crippen LogP) is -7.43. The molecule has 84 valence electrons. The van der Waals surface area contributed by atoms with Gasteiger partial charge in [0.15, 0.2) is 5.85 Å². The van der Waals surface area contributed by atoms with Gasteiger partial charge in [0.2, 0.25) is 0 Å². The van der Waals surface area contributed by atoms with Gasteiger partial charge in [-0.15, -0.1) is 0 Å². The second-order valence-corrected chi connectivity index (χ2v) is 6.08. The SMILES string of the molecule is NC(CC(O)P(=O)(O)O)P(=O)(O)O.[H-].[H-].[Na+].[Na+]. The topological polar surface area (TPSA) is 161 Å². The molecule has 0 aliphatic rings. The van der Waals surface area contributed by atoms with Crippen LogP contribution in [0.1, 0.15) is 9.27 Å². The molecule has 0 aliphatic carbocycles. The van der Waals surface area contributed by atoms with Crippen LogP contribution in [-0.2, 0) is 9.13 Å². The van der Waals surface area contributed by atoms with E-state index in [-0.39, 0.29) is 62.0 Å². The number of rotatable bonds is 4. The summed E-state index contributed by atoms with van der Waals surface area (Å²) >= 11 is 0. The minimum absolute atomic E-state index is 0. The Bertz CT molecular complexity index is 246. The molecule has 7 N–H and O–H groups in total. The molecule has 0 rings (SSSR count). The van der Waals surface area contributed by atoms with E-state index in [1.807, 2.05) is 0 Å². The molecule has 2 atom stereocenters. The third-order valence-electron chi connectivity index (χ3n) is 1.27. The largest absolute Gasteiger partial charge is 1.00 e. The van der Waals surface area contributed by atoms with Gasteiger partial charge in [-0.2, -0.15) is 0 Å². The van der Waals surface area contributed by atoms with Crippen molar-refractivity contribution in [2.24, 2.45) is 5.73 Å². The van der Waals surface area contributed by atoms with Crippen molar-refractivity contribution in [2.45, 2.75) is 18.0 Å². The Morgan fingerprint density at radius 1 is 1.07 bits per heavy atom. The Morgan fingerprint density at radius 2 is 1.40 bits per heavy atom. The molecule has 8 nitrogen and oxygen atoms in total. The van der Waals surface area contributed by atoms with Crippen LogP contribution in [0.25, 0.3) is 0 Å². The van der Waals surface area contributed by atoms with Gasteiger partial charge in [0.1, 0.15) is 5.78 Å². The molecule has 0 aromatic carbocycles. The van der Waals surface area contributed by atoms with Gasteiger partial charge in [-0.25, -0.2) is 0 Å². The third kappa shape index (κ3) is 9.88. The van der Waals surface area contributed by atoms with Crippen LogP contribution in [0.2, 0.25) is 0 Å². The quantitative estimate of drug-likeness (QED) is 0.219. The monoisotopic (exact) mass is 283 g/mol. The molecular weight excluding hydrogens is 270 g/mol. The van der Waals surface area contributed by atoms with E-state index >= 15 is 0 Å². The Hall–Kier alpha value is 2.22. The fraction of sp³-hybridized carbons (Fsp3) is 1.00. The van der Waals surface area contributed by atoms with Crippen molar-refractivity contribution in [3.63, 3.8) is 0 Å². The zero-order chi connectivity index (χ0) is 10.9. The number of hydrogen-bond acceptors (Lipinski definition) is 4. The molecule has 0 bridgehead atoms. The molecule has 0 radical (unpaired) electrons. The summed E-state index contributed by atoms with van der Waals surface area (Å²) in [5, 5.41) is 8.73. The smallest absolute Gasteiger partial charge is 1.00 e. The molecule has 0 fully saturated rings. The average molecular weight is 283 g/mol. The van der Waals surface area contributed by atoms with Crippen molar-refractivity contribution < 1.29 is 95.8 Å². The second-order valence-electron chi connectivity index (χ2n) is 2.46. The summed E-state index contributed by atoms with van der Waals surface area (Å²) in [6, 6.07) is 0. The van der Waals surface area contributed by atoms with Crippen LogP contribution in [0.5, 0.6) is 0 Å². The Kier molecular flexibility index (Phi) is 12.5. The Labute approximate surface area is 134 Å². The first kappa shape index (κ1) is 22.4. The van der Waals surface area contributed by atoms with E-state index in [2.05, 4.69) is 0 Å². The van der Waals surface area contributed by atoms with Gasteiger partial charge in [0, 0.05) is 6.42 Å². The van der Waals surface area contributed by atoms with Crippen LogP contribution < -0.4 is 64.8 Å². The molecule has 0 spiro atoms. The molecule has 0 amide bonds. The van der Waals surface area contributed by atoms with Gasteiger partial charge in [-0.1, -0.05) is 0 Å². The summed E-state index contributed by atoms with van der Waals surface area (Å²) < 4.78 is 20.7. The van der Waals surface area contributed by atoms with Crippen LogP contribution in [0.4, 0.5) is 0 Å². The summed E-state index contributed by atoms with van der Waals surface area (Å²) in [7, 11) is -9.35. The third-order valence-corrected chi connectivity index (χ3v) is 3.33. The van der Waals surface area contributed by atoms with Crippen molar-refractivity contribution in [3.05, 3.63) is 0 Å². The fourth-order valence-corrected chi connectivity index (χ4v) is 1.63. The van der Waals surface area contributed by atoms with Crippen molar-refractivity contribution in [1.82, 2.24) is 0 Å². The van der Waals surface area contributed by atoms with Gasteiger partial charge in [0.25, 0.3) is 0 Å². The maximum absolute atomic E-state index is 10.4. The minimum Gasteiger partial charge on any atom is -1.00 e. The van der Waals surface area contributed by atoms with Gasteiger partial charge in [-0.3, -0.25) is 9.13 Å². The summed E-state index contributed by atoms with van der Waals surface area (Å²) in [6.07, 6.45) is -0.853. The van der Waals surface area contributed by atoms with Crippen molar-refractivity contribution >= 4 is 15.2 Å². The Balaban J connectivity index is -0.000000120. The van der Waals surface area contributed by atoms with Crippen LogP contribution in [0, 0.1) is 0 Å². The minimum atomic E-state index is -4.75. The molecule has 0 aromatic rings. The van der Waals surface area contributed by atoms with Gasteiger partial charge < -0.3 is 33.3 Å². The zero-order valence-electron chi connectivity index (χ0n) is 10.4. The molecule has 0 saturated carbocycles. The van der Waals surface area contributed by atoms with E-state index in [4.69, 9.17) is 30.4 Å². The van der Waals surface area contributed by atoms with Gasteiger partial charge >= 0.3 is 74.3 Å². The van der Waals surface area contributed by atoms with E-state index in [0.29, 0.717) is 0 Å². The normalized spacial score (nSPS) is 15.9. The molecular formula is C3H13NNa2O7P2. The maximum Gasteiger partial charge on any atom is 1.00 e. The van der Waals surface area contributed by atoms with E-state index in [0.717, 1.165) is 0 Å². The van der Waals surface area contributed by atoms with Crippen LogP contribution in [0.3, 0.4) is 0 Å². The van der Waals surface area contributed by atoms with Crippen LogP contribution in [-0.4, -0.2) is 36.3 Å². The standard InChI is InChI=1S/C3H11NO7P2.2Na.2H/c4-2(12(6,7)8)1-3(5)13(9,10)11;;;;/h2-3,5H,1,4H2,(H2,6,7,8)(H2,9,10,11);;;;/q;2*+1;2*-1. The number of nitrogens with two attached hydrogens (primary N) is 1. The van der Waals surface area contributed by atoms with Gasteiger partial charge in [-0.05, 0) is 0 Å². The van der Waals surface area contributed by atoms with Crippen molar-refractivity contribution in [2.75, 3.05) is 0 Å². The molecule has 0 saturated heterocycles. The first-order chi connectivity index (χ1) is 5.55. The average Bonchev–Trinajstić information content (AvgIpc) is 1.82. The number of aliphatic hydroxyl groups is 1. The second kappa shape index (κ2) is 8.34. The molecule has 15 heavy (non-hydrogen) atoms. The van der Waals surface area contributed by atoms with Crippen LogP contribution in [0.15, 0.2) is 0 Å². The molecule has 0 heterocycles.